The number of nitrogens with zero attached hydrogens (tertiary/aromatic N) is 7. The van der Waals surface area contributed by atoms with Crippen LogP contribution in [0.15, 0.2) is 212 Å². The standard InChI is InChI=1S/C55H35N7/c56-36-37-16-14-23-43(34-37)44-24-15-25-45(35-44)54-60-52(41-21-8-3-9-22-41)61-55(62-54)49-29-13-12-28-48(49)47-27-11-10-26-46(47)38-30-32-42(33-31-38)53-58-50(39-17-4-1-5-18-39)57-51(59-53)40-19-6-2-7-20-40/h1-35H. The van der Waals surface area contributed by atoms with Gasteiger partial charge in [-0.05, 0) is 51.6 Å². The van der Waals surface area contributed by atoms with E-state index in [2.05, 4.69) is 72.8 Å². The third kappa shape index (κ3) is 7.75. The van der Waals surface area contributed by atoms with Crippen molar-refractivity contribution >= 4 is 0 Å². The summed E-state index contributed by atoms with van der Waals surface area (Å²) in [5.74, 6) is 3.53. The van der Waals surface area contributed by atoms with Crippen molar-refractivity contribution in [3.05, 3.63) is 218 Å². The highest BCUT2D eigenvalue weighted by atomic mass is 15.0. The molecule has 2 heterocycles. The van der Waals surface area contributed by atoms with Gasteiger partial charge in [-0.3, -0.25) is 0 Å². The molecule has 7 nitrogen and oxygen atoms in total. The molecular weight excluding hydrogens is 759 g/mol. The van der Waals surface area contributed by atoms with Gasteiger partial charge in [0.05, 0.1) is 11.6 Å². The van der Waals surface area contributed by atoms with Crippen molar-refractivity contribution in [1.29, 1.82) is 5.26 Å². The predicted molar refractivity (Wildman–Crippen MR) is 247 cm³/mol. The van der Waals surface area contributed by atoms with Gasteiger partial charge in [-0.15, -0.1) is 0 Å². The van der Waals surface area contributed by atoms with Gasteiger partial charge >= 0.3 is 0 Å². The zero-order valence-electron chi connectivity index (χ0n) is 33.3. The number of hydrogen-bond acceptors (Lipinski definition) is 7. The Morgan fingerprint density at radius 2 is 0.581 bits per heavy atom. The summed E-state index contributed by atoms with van der Waals surface area (Å²) in [6.07, 6.45) is 0. The van der Waals surface area contributed by atoms with Crippen molar-refractivity contribution in [3.8, 4) is 108 Å². The fourth-order valence-corrected chi connectivity index (χ4v) is 7.57. The molecule has 0 bridgehead atoms. The molecule has 0 fully saturated rings. The molecule has 62 heavy (non-hydrogen) atoms. The molecule has 0 aliphatic rings. The van der Waals surface area contributed by atoms with E-state index in [1.807, 2.05) is 146 Å². The summed E-state index contributed by atoms with van der Waals surface area (Å²) in [5, 5.41) is 9.56. The van der Waals surface area contributed by atoms with Gasteiger partial charge in [-0.1, -0.05) is 194 Å². The number of benzene rings is 8. The van der Waals surface area contributed by atoms with Gasteiger partial charge in [-0.25, -0.2) is 29.9 Å². The molecule has 0 unspecified atom stereocenters. The van der Waals surface area contributed by atoms with Gasteiger partial charge in [0.15, 0.2) is 34.9 Å². The Morgan fingerprint density at radius 1 is 0.242 bits per heavy atom. The molecule has 0 amide bonds. The van der Waals surface area contributed by atoms with Crippen molar-refractivity contribution < 1.29 is 0 Å². The lowest BCUT2D eigenvalue weighted by atomic mass is 9.91. The molecule has 0 saturated heterocycles. The molecule has 10 aromatic rings. The van der Waals surface area contributed by atoms with Crippen LogP contribution >= 0.6 is 0 Å². The van der Waals surface area contributed by atoms with Crippen LogP contribution < -0.4 is 0 Å². The Morgan fingerprint density at radius 3 is 1.10 bits per heavy atom. The Bertz CT molecular complexity index is 3180. The Hall–Kier alpha value is -8.73. The van der Waals surface area contributed by atoms with Crippen LogP contribution in [0.4, 0.5) is 0 Å². The Kier molecular flexibility index (Phi) is 10.2. The summed E-state index contributed by atoms with van der Waals surface area (Å²) >= 11 is 0. The largest absolute Gasteiger partial charge is 0.208 e. The maximum Gasteiger partial charge on any atom is 0.164 e. The van der Waals surface area contributed by atoms with E-state index < -0.39 is 0 Å². The second kappa shape index (κ2) is 16.9. The molecule has 8 aromatic carbocycles. The highest BCUT2D eigenvalue weighted by molar-refractivity contribution is 5.91. The van der Waals surface area contributed by atoms with Gasteiger partial charge < -0.3 is 0 Å². The zero-order chi connectivity index (χ0) is 41.7. The van der Waals surface area contributed by atoms with E-state index in [-0.39, 0.29) is 0 Å². The molecule has 0 radical (unpaired) electrons. The van der Waals surface area contributed by atoms with E-state index in [0.717, 1.165) is 66.8 Å². The molecule has 0 aliphatic carbocycles. The second-order valence-electron chi connectivity index (χ2n) is 14.7. The minimum atomic E-state index is 0.551. The van der Waals surface area contributed by atoms with E-state index in [9.17, 15) is 5.26 Å². The number of rotatable bonds is 9. The van der Waals surface area contributed by atoms with E-state index >= 15 is 0 Å². The fourth-order valence-electron chi connectivity index (χ4n) is 7.57. The smallest absolute Gasteiger partial charge is 0.164 e. The quantitative estimate of drug-likeness (QED) is 0.143. The van der Waals surface area contributed by atoms with Crippen LogP contribution in [0.1, 0.15) is 5.56 Å². The summed E-state index contributed by atoms with van der Waals surface area (Å²) < 4.78 is 0. The summed E-state index contributed by atoms with van der Waals surface area (Å²) in [7, 11) is 0. The zero-order valence-corrected chi connectivity index (χ0v) is 33.3. The lowest BCUT2D eigenvalue weighted by Crippen LogP contribution is -2.01. The average Bonchev–Trinajstić information content (AvgIpc) is 3.37. The molecule has 7 heteroatoms. The molecule has 0 saturated carbocycles. The van der Waals surface area contributed by atoms with E-state index in [1.165, 1.54) is 0 Å². The van der Waals surface area contributed by atoms with Crippen molar-refractivity contribution in [2.75, 3.05) is 0 Å². The van der Waals surface area contributed by atoms with Crippen LogP contribution in [-0.2, 0) is 0 Å². The summed E-state index contributed by atoms with van der Waals surface area (Å²) in [6.45, 7) is 0. The van der Waals surface area contributed by atoms with Crippen molar-refractivity contribution in [1.82, 2.24) is 29.9 Å². The van der Waals surface area contributed by atoms with E-state index in [4.69, 9.17) is 29.9 Å². The monoisotopic (exact) mass is 793 g/mol. The average molecular weight is 794 g/mol. The van der Waals surface area contributed by atoms with Crippen LogP contribution in [0.5, 0.6) is 0 Å². The summed E-state index contributed by atoms with van der Waals surface area (Å²) in [6, 6.07) is 73.0. The third-order valence-electron chi connectivity index (χ3n) is 10.7. The topological polar surface area (TPSA) is 101 Å². The normalized spacial score (nSPS) is 10.9. The van der Waals surface area contributed by atoms with Gasteiger partial charge in [0.25, 0.3) is 0 Å². The van der Waals surface area contributed by atoms with Crippen LogP contribution in [0, 0.1) is 11.3 Å². The molecule has 10 rings (SSSR count). The summed E-state index contributed by atoms with van der Waals surface area (Å²) in [5.41, 5.74) is 12.0. The molecule has 290 valence electrons. The molecule has 0 N–H and O–H groups in total. The second-order valence-corrected chi connectivity index (χ2v) is 14.7. The minimum Gasteiger partial charge on any atom is -0.208 e. The summed E-state index contributed by atoms with van der Waals surface area (Å²) in [4.78, 5) is 30.1. The molecular formula is C55H35N7. The first-order valence-electron chi connectivity index (χ1n) is 20.3. The van der Waals surface area contributed by atoms with E-state index in [1.54, 1.807) is 0 Å². The molecule has 2 aromatic heterocycles. The minimum absolute atomic E-state index is 0.551. The maximum absolute atomic E-state index is 9.56. The van der Waals surface area contributed by atoms with Crippen molar-refractivity contribution in [2.45, 2.75) is 0 Å². The maximum atomic E-state index is 9.56. The van der Waals surface area contributed by atoms with Gasteiger partial charge in [0.2, 0.25) is 0 Å². The van der Waals surface area contributed by atoms with Crippen LogP contribution in [0.2, 0.25) is 0 Å². The molecule has 0 atom stereocenters. The Labute approximate surface area is 359 Å². The number of nitriles is 1. The van der Waals surface area contributed by atoms with Crippen molar-refractivity contribution in [2.24, 2.45) is 0 Å². The lowest BCUT2D eigenvalue weighted by molar-refractivity contribution is 1.07. The third-order valence-corrected chi connectivity index (χ3v) is 10.7. The van der Waals surface area contributed by atoms with Crippen LogP contribution in [0.3, 0.4) is 0 Å². The van der Waals surface area contributed by atoms with E-state index in [0.29, 0.717) is 40.5 Å². The lowest BCUT2D eigenvalue weighted by Gasteiger charge is -2.15. The first kappa shape index (κ1) is 37.5. The number of hydrogen-bond donors (Lipinski definition) is 0. The van der Waals surface area contributed by atoms with Gasteiger partial charge in [0.1, 0.15) is 0 Å². The highest BCUT2D eigenvalue weighted by Gasteiger charge is 2.19. The fraction of sp³-hybridized carbons (Fsp3) is 0. The first-order chi connectivity index (χ1) is 30.7. The molecule has 0 spiro atoms. The highest BCUT2D eigenvalue weighted by Crippen LogP contribution is 2.39. The SMILES string of the molecule is N#Cc1cccc(-c2cccc(-c3nc(-c4ccccc4)nc(-c4ccccc4-c4ccccc4-c4ccc(-c5nc(-c6ccccc6)nc(-c6ccccc6)n5)cc4)n3)c2)c1. The Balaban J connectivity index is 1.05. The number of aromatic nitrogens is 6. The van der Waals surface area contributed by atoms with Crippen LogP contribution in [0.25, 0.3) is 102 Å². The predicted octanol–water partition coefficient (Wildman–Crippen LogP) is 12.9. The molecule has 0 aliphatic heterocycles. The van der Waals surface area contributed by atoms with Crippen molar-refractivity contribution in [3.63, 3.8) is 0 Å². The van der Waals surface area contributed by atoms with Gasteiger partial charge in [-0.2, -0.15) is 5.26 Å². The first-order valence-corrected chi connectivity index (χ1v) is 20.3. The van der Waals surface area contributed by atoms with Gasteiger partial charge in [0, 0.05) is 33.4 Å². The van der Waals surface area contributed by atoms with Crippen LogP contribution in [-0.4, -0.2) is 29.9 Å².